The molecule has 1 aromatic carbocycles. The van der Waals surface area contributed by atoms with Crippen molar-refractivity contribution in [1.29, 1.82) is 0 Å². The highest BCUT2D eigenvalue weighted by atomic mass is 16.4. The second-order valence-corrected chi connectivity index (χ2v) is 5.95. The van der Waals surface area contributed by atoms with Crippen LogP contribution >= 0.6 is 0 Å². The monoisotopic (exact) mass is 347 g/mol. The van der Waals surface area contributed by atoms with Gasteiger partial charge in [-0.05, 0) is 31.0 Å². The lowest BCUT2D eigenvalue weighted by molar-refractivity contribution is -0.142. The number of carboxylic acids is 1. The van der Waals surface area contributed by atoms with Crippen LogP contribution in [0.4, 0.5) is 0 Å². The highest BCUT2D eigenvalue weighted by Gasteiger charge is 2.21. The van der Waals surface area contributed by atoms with Crippen LogP contribution in [0.1, 0.15) is 37.3 Å². The zero-order chi connectivity index (χ0) is 18.6. The zero-order valence-electron chi connectivity index (χ0n) is 14.2. The summed E-state index contributed by atoms with van der Waals surface area (Å²) in [6, 6.07) is 3.42. The van der Waals surface area contributed by atoms with Crippen LogP contribution < -0.4 is 10.9 Å². The summed E-state index contributed by atoms with van der Waals surface area (Å²) in [4.78, 5) is 35.6. The Hall–Kier alpha value is -2.83. The molecule has 1 aromatic heterocycles. The number of rotatable bonds is 7. The number of hydrogen-bond acceptors (Lipinski definition) is 5. The number of benzene rings is 1. The summed E-state index contributed by atoms with van der Waals surface area (Å²) >= 11 is 0. The van der Waals surface area contributed by atoms with Gasteiger partial charge in [-0.3, -0.25) is 4.79 Å². The lowest BCUT2D eigenvalue weighted by Crippen LogP contribution is -2.42. The molecule has 2 rings (SSSR count). The molecule has 0 aliphatic heterocycles. The first-order valence-corrected chi connectivity index (χ1v) is 8.11. The van der Waals surface area contributed by atoms with E-state index in [-0.39, 0.29) is 23.3 Å². The summed E-state index contributed by atoms with van der Waals surface area (Å²) in [5.74, 6) is -1.67. The van der Waals surface area contributed by atoms with Crippen molar-refractivity contribution in [3.63, 3.8) is 0 Å². The second kappa shape index (κ2) is 7.83. The van der Waals surface area contributed by atoms with Crippen molar-refractivity contribution in [3.05, 3.63) is 39.7 Å². The number of carboxylic acid groups (broad SMARTS) is 1. The van der Waals surface area contributed by atoms with E-state index >= 15 is 0 Å². The van der Waals surface area contributed by atoms with Crippen molar-refractivity contribution < 1.29 is 24.2 Å². The van der Waals surface area contributed by atoms with Crippen molar-refractivity contribution in [2.24, 2.45) is 0 Å². The van der Waals surface area contributed by atoms with Gasteiger partial charge >= 0.3 is 11.6 Å². The van der Waals surface area contributed by atoms with Gasteiger partial charge in [0.2, 0.25) is 5.91 Å². The number of carbonyl (C=O) groups is 2. The van der Waals surface area contributed by atoms with Crippen molar-refractivity contribution in [3.8, 4) is 5.75 Å². The van der Waals surface area contributed by atoms with Crippen LogP contribution in [-0.2, 0) is 16.0 Å². The van der Waals surface area contributed by atoms with Gasteiger partial charge in [0.1, 0.15) is 17.4 Å². The maximum atomic E-state index is 12.2. The van der Waals surface area contributed by atoms with E-state index in [1.807, 2.05) is 6.92 Å². The van der Waals surface area contributed by atoms with Gasteiger partial charge in [0.25, 0.3) is 0 Å². The van der Waals surface area contributed by atoms with Gasteiger partial charge in [-0.1, -0.05) is 19.8 Å². The van der Waals surface area contributed by atoms with E-state index in [1.165, 1.54) is 12.1 Å². The van der Waals surface area contributed by atoms with Crippen molar-refractivity contribution in [2.75, 3.05) is 0 Å². The van der Waals surface area contributed by atoms with E-state index in [2.05, 4.69) is 5.32 Å². The first-order chi connectivity index (χ1) is 11.8. The van der Waals surface area contributed by atoms with Crippen molar-refractivity contribution in [1.82, 2.24) is 5.32 Å². The molecule has 1 unspecified atom stereocenters. The molecule has 0 fully saturated rings. The first kappa shape index (κ1) is 18.5. The van der Waals surface area contributed by atoms with Gasteiger partial charge in [0.15, 0.2) is 0 Å². The predicted octanol–water partition coefficient (Wildman–Crippen LogP) is 2.11. The summed E-state index contributed by atoms with van der Waals surface area (Å²) < 4.78 is 5.16. The standard InChI is InChI=1S/C18H21NO6/c1-3-4-5-14(17(22)23)19-16(21)9-13-10(2)12-7-6-11(20)8-15(12)25-18(13)24/h6-8,14,20H,3-5,9H2,1-2H3,(H,19,21)(H,22,23). The molecule has 0 saturated heterocycles. The van der Waals surface area contributed by atoms with Gasteiger partial charge in [-0.15, -0.1) is 0 Å². The highest BCUT2D eigenvalue weighted by Crippen LogP contribution is 2.23. The fraction of sp³-hybridized carbons (Fsp3) is 0.389. The van der Waals surface area contributed by atoms with Crippen LogP contribution in [0.2, 0.25) is 0 Å². The van der Waals surface area contributed by atoms with E-state index in [4.69, 9.17) is 4.42 Å². The van der Waals surface area contributed by atoms with E-state index in [9.17, 15) is 24.6 Å². The molecule has 0 saturated carbocycles. The Morgan fingerprint density at radius 2 is 2.04 bits per heavy atom. The smallest absolute Gasteiger partial charge is 0.340 e. The molecule has 0 aliphatic rings. The van der Waals surface area contributed by atoms with Gasteiger partial charge in [-0.25, -0.2) is 9.59 Å². The van der Waals surface area contributed by atoms with Crippen molar-refractivity contribution >= 4 is 22.8 Å². The first-order valence-electron chi connectivity index (χ1n) is 8.11. The third kappa shape index (κ3) is 4.37. The summed E-state index contributed by atoms with van der Waals surface area (Å²) in [6.07, 6.45) is 1.57. The lowest BCUT2D eigenvalue weighted by Gasteiger charge is -2.14. The molecule has 7 nitrogen and oxygen atoms in total. The van der Waals surface area contributed by atoms with Crippen LogP contribution in [0.15, 0.2) is 27.4 Å². The molecule has 0 aliphatic carbocycles. The van der Waals surface area contributed by atoms with Gasteiger partial charge in [0, 0.05) is 11.5 Å². The molecule has 7 heteroatoms. The number of phenols is 1. The fourth-order valence-corrected chi connectivity index (χ4v) is 2.66. The quantitative estimate of drug-likeness (QED) is 0.661. The highest BCUT2D eigenvalue weighted by molar-refractivity contribution is 5.87. The van der Waals surface area contributed by atoms with Crippen LogP contribution in [0, 0.1) is 6.92 Å². The van der Waals surface area contributed by atoms with E-state index < -0.39 is 23.5 Å². The van der Waals surface area contributed by atoms with E-state index in [0.29, 0.717) is 23.8 Å². The molecule has 0 radical (unpaired) electrons. The number of carbonyl (C=O) groups excluding carboxylic acids is 1. The molecule has 0 spiro atoms. The van der Waals surface area contributed by atoms with Gasteiger partial charge < -0.3 is 19.9 Å². The molecular formula is C18H21NO6. The minimum atomic E-state index is -1.10. The number of hydrogen-bond donors (Lipinski definition) is 3. The Balaban J connectivity index is 2.24. The lowest BCUT2D eigenvalue weighted by atomic mass is 10.0. The number of fused-ring (bicyclic) bond motifs is 1. The minimum absolute atomic E-state index is 0.0271. The Labute approximate surface area is 144 Å². The van der Waals surface area contributed by atoms with Crippen molar-refractivity contribution in [2.45, 2.75) is 45.6 Å². The summed E-state index contributed by atoms with van der Waals surface area (Å²) in [6.45, 7) is 3.62. The van der Waals surface area contributed by atoms with Crippen LogP contribution in [0.25, 0.3) is 11.0 Å². The number of amides is 1. The summed E-state index contributed by atoms with van der Waals surface area (Å²) in [5, 5.41) is 21.7. The van der Waals surface area contributed by atoms with Gasteiger partial charge in [0.05, 0.1) is 12.0 Å². The largest absolute Gasteiger partial charge is 0.508 e. The molecule has 25 heavy (non-hydrogen) atoms. The van der Waals surface area contributed by atoms with Crippen LogP contribution in [-0.4, -0.2) is 28.1 Å². The molecule has 1 amide bonds. The molecular weight excluding hydrogens is 326 g/mol. The Morgan fingerprint density at radius 1 is 1.32 bits per heavy atom. The second-order valence-electron chi connectivity index (χ2n) is 5.95. The fourth-order valence-electron chi connectivity index (χ4n) is 2.66. The number of aromatic hydroxyl groups is 1. The average molecular weight is 347 g/mol. The number of aryl methyl sites for hydroxylation is 1. The molecule has 2 aromatic rings. The maximum absolute atomic E-state index is 12.2. The topological polar surface area (TPSA) is 117 Å². The molecule has 1 atom stereocenters. The summed E-state index contributed by atoms with van der Waals surface area (Å²) in [5.41, 5.74) is 0.307. The molecule has 1 heterocycles. The number of nitrogens with one attached hydrogen (secondary N) is 1. The Morgan fingerprint density at radius 3 is 2.68 bits per heavy atom. The average Bonchev–Trinajstić information content (AvgIpc) is 2.54. The van der Waals surface area contributed by atoms with Gasteiger partial charge in [-0.2, -0.15) is 0 Å². The van der Waals surface area contributed by atoms with Crippen LogP contribution in [0.3, 0.4) is 0 Å². The summed E-state index contributed by atoms with van der Waals surface area (Å²) in [7, 11) is 0. The molecule has 3 N–H and O–H groups in total. The molecule has 134 valence electrons. The predicted molar refractivity (Wildman–Crippen MR) is 91.7 cm³/mol. The molecule has 0 bridgehead atoms. The Kier molecular flexibility index (Phi) is 5.80. The van der Waals surface area contributed by atoms with Crippen LogP contribution in [0.5, 0.6) is 5.75 Å². The Bertz CT molecular complexity index is 855. The third-order valence-corrected chi connectivity index (χ3v) is 4.09. The normalized spacial score (nSPS) is 12.1. The minimum Gasteiger partial charge on any atom is -0.508 e. The van der Waals surface area contributed by atoms with E-state index in [0.717, 1.165) is 6.42 Å². The van der Waals surface area contributed by atoms with E-state index in [1.54, 1.807) is 13.0 Å². The number of unbranched alkanes of at least 4 members (excludes halogenated alkanes) is 1. The third-order valence-electron chi connectivity index (χ3n) is 4.09. The SMILES string of the molecule is CCCCC(NC(=O)Cc1c(C)c2ccc(O)cc2oc1=O)C(=O)O. The number of phenolic OH excluding ortho intramolecular Hbond substituents is 1. The zero-order valence-corrected chi connectivity index (χ0v) is 14.2. The number of aliphatic carboxylic acids is 1. The maximum Gasteiger partial charge on any atom is 0.340 e.